The van der Waals surface area contributed by atoms with E-state index in [1.54, 1.807) is 13.8 Å². The van der Waals surface area contributed by atoms with Gasteiger partial charge in [0.15, 0.2) is 0 Å². The van der Waals surface area contributed by atoms with Crippen LogP contribution >= 0.6 is 0 Å². The molecular formula is C26H29NO5. The number of carbonyl (C=O) groups excluding carboxylic acids is 3. The molecule has 6 nitrogen and oxygen atoms in total. The fraction of sp³-hybridized carbons (Fsp3) is 0.346. The van der Waals surface area contributed by atoms with Crippen molar-refractivity contribution in [2.45, 2.75) is 45.3 Å². The third-order valence-corrected chi connectivity index (χ3v) is 5.56. The van der Waals surface area contributed by atoms with Gasteiger partial charge in [-0.1, -0.05) is 75.0 Å². The van der Waals surface area contributed by atoms with E-state index in [2.05, 4.69) is 24.0 Å². The molecule has 0 aliphatic heterocycles. The van der Waals surface area contributed by atoms with Crippen molar-refractivity contribution in [2.75, 3.05) is 6.61 Å². The molecule has 0 saturated carbocycles. The number of fused-ring (bicyclic) bond motifs is 3. The van der Waals surface area contributed by atoms with Crippen LogP contribution < -0.4 is 5.32 Å². The summed E-state index contributed by atoms with van der Waals surface area (Å²) in [7, 11) is 0. The normalized spacial score (nSPS) is 14.1. The second-order valence-corrected chi connectivity index (χ2v) is 8.31. The van der Waals surface area contributed by atoms with Crippen LogP contribution in [0.1, 0.15) is 44.2 Å². The Hall–Kier alpha value is -3.41. The van der Waals surface area contributed by atoms with E-state index in [9.17, 15) is 14.4 Å². The predicted molar refractivity (Wildman–Crippen MR) is 122 cm³/mol. The number of amides is 1. The number of hydrogen-bond donors (Lipinski definition) is 1. The lowest BCUT2D eigenvalue weighted by Gasteiger charge is -2.23. The summed E-state index contributed by atoms with van der Waals surface area (Å²) in [6, 6.07) is 15.2. The van der Waals surface area contributed by atoms with Gasteiger partial charge in [0, 0.05) is 12.3 Å². The molecule has 1 aliphatic carbocycles. The van der Waals surface area contributed by atoms with Gasteiger partial charge in [0.2, 0.25) is 0 Å². The maximum atomic E-state index is 12.6. The predicted octanol–water partition coefficient (Wildman–Crippen LogP) is 4.63. The van der Waals surface area contributed by atoms with Crippen molar-refractivity contribution >= 4 is 17.8 Å². The largest absolute Gasteiger partial charge is 0.456 e. The van der Waals surface area contributed by atoms with Gasteiger partial charge in [0.1, 0.15) is 24.5 Å². The first-order chi connectivity index (χ1) is 15.3. The zero-order valence-corrected chi connectivity index (χ0v) is 18.7. The Balaban J connectivity index is 1.65. The summed E-state index contributed by atoms with van der Waals surface area (Å²) in [6.07, 6.45) is 0.0319. The lowest BCUT2D eigenvalue weighted by Crippen LogP contribution is -2.46. The molecule has 2 aromatic carbocycles. The van der Waals surface area contributed by atoms with Crippen molar-refractivity contribution in [2.24, 2.45) is 5.92 Å². The van der Waals surface area contributed by atoms with E-state index in [1.165, 1.54) is 13.0 Å². The zero-order valence-electron chi connectivity index (χ0n) is 18.7. The van der Waals surface area contributed by atoms with E-state index < -0.39 is 24.2 Å². The van der Waals surface area contributed by atoms with Gasteiger partial charge in [-0.2, -0.15) is 0 Å². The molecule has 2 aromatic rings. The van der Waals surface area contributed by atoms with Crippen molar-refractivity contribution in [3.8, 4) is 11.1 Å². The fourth-order valence-corrected chi connectivity index (χ4v) is 3.94. The maximum Gasteiger partial charge on any atom is 0.407 e. The van der Waals surface area contributed by atoms with Crippen molar-refractivity contribution in [3.05, 3.63) is 72.3 Å². The monoisotopic (exact) mass is 435 g/mol. The molecule has 1 aliphatic rings. The Kier molecular flexibility index (Phi) is 7.46. The highest BCUT2D eigenvalue weighted by atomic mass is 16.6. The number of ketones is 1. The van der Waals surface area contributed by atoms with E-state index in [-0.39, 0.29) is 30.6 Å². The molecule has 3 rings (SSSR count). The van der Waals surface area contributed by atoms with Gasteiger partial charge < -0.3 is 14.8 Å². The van der Waals surface area contributed by atoms with E-state index in [1.807, 2.05) is 36.4 Å². The number of carbonyl (C=O) groups is 3. The van der Waals surface area contributed by atoms with Crippen LogP contribution in [-0.2, 0) is 19.1 Å². The van der Waals surface area contributed by atoms with Crippen LogP contribution in [0.2, 0.25) is 0 Å². The van der Waals surface area contributed by atoms with Gasteiger partial charge in [-0.3, -0.25) is 4.79 Å². The Morgan fingerprint density at radius 2 is 1.59 bits per heavy atom. The summed E-state index contributed by atoms with van der Waals surface area (Å²) in [5.74, 6) is -1.04. The van der Waals surface area contributed by atoms with Gasteiger partial charge >= 0.3 is 12.1 Å². The molecular weight excluding hydrogens is 406 g/mol. The summed E-state index contributed by atoms with van der Waals surface area (Å²) >= 11 is 0. The summed E-state index contributed by atoms with van der Waals surface area (Å²) < 4.78 is 10.9. The first-order valence-corrected chi connectivity index (χ1v) is 10.8. The number of benzene rings is 2. The molecule has 1 N–H and O–H groups in total. The van der Waals surface area contributed by atoms with Crippen LogP contribution in [0.25, 0.3) is 11.1 Å². The number of ether oxygens (including phenoxy) is 2. The summed E-state index contributed by atoms with van der Waals surface area (Å²) in [5.41, 5.74) is 4.50. The molecule has 0 radical (unpaired) electrons. The van der Waals surface area contributed by atoms with Crippen molar-refractivity contribution in [1.29, 1.82) is 0 Å². The Morgan fingerprint density at radius 1 is 1.03 bits per heavy atom. The minimum atomic E-state index is -0.903. The SMILES string of the molecule is C=C[C@H](CC(C)=O)OC(=O)C(NC(=O)OCC1c2ccccc2-c2ccccc21)C(C)C. The zero-order chi connectivity index (χ0) is 23.3. The van der Waals surface area contributed by atoms with Gasteiger partial charge in [-0.25, -0.2) is 9.59 Å². The van der Waals surface area contributed by atoms with Crippen LogP contribution in [0.4, 0.5) is 4.79 Å². The van der Waals surface area contributed by atoms with E-state index in [0.29, 0.717) is 0 Å². The van der Waals surface area contributed by atoms with Crippen molar-refractivity contribution in [1.82, 2.24) is 5.32 Å². The molecule has 2 atom stereocenters. The third-order valence-electron chi connectivity index (χ3n) is 5.56. The molecule has 0 saturated heterocycles. The average molecular weight is 436 g/mol. The van der Waals surface area contributed by atoms with Gasteiger partial charge in [-0.05, 0) is 35.1 Å². The molecule has 1 amide bonds. The number of nitrogens with one attached hydrogen (secondary N) is 1. The quantitative estimate of drug-likeness (QED) is 0.459. The number of esters is 1. The first kappa shape index (κ1) is 23.3. The molecule has 0 fully saturated rings. The Morgan fingerprint density at radius 3 is 2.09 bits per heavy atom. The summed E-state index contributed by atoms with van der Waals surface area (Å²) in [5, 5.41) is 2.62. The van der Waals surface area contributed by atoms with Crippen LogP contribution in [0, 0.1) is 5.92 Å². The fourth-order valence-electron chi connectivity index (χ4n) is 3.94. The van der Waals surface area contributed by atoms with Crippen LogP contribution in [-0.4, -0.2) is 36.6 Å². The highest BCUT2D eigenvalue weighted by Gasteiger charge is 2.31. The average Bonchev–Trinajstić information content (AvgIpc) is 3.08. The molecule has 0 bridgehead atoms. The van der Waals surface area contributed by atoms with Crippen molar-refractivity contribution < 1.29 is 23.9 Å². The molecule has 0 aromatic heterocycles. The van der Waals surface area contributed by atoms with E-state index in [0.717, 1.165) is 22.3 Å². The number of hydrogen-bond acceptors (Lipinski definition) is 5. The van der Waals surface area contributed by atoms with Crippen LogP contribution in [0.15, 0.2) is 61.2 Å². The maximum absolute atomic E-state index is 12.6. The summed E-state index contributed by atoms with van der Waals surface area (Å²) in [4.78, 5) is 36.5. The topological polar surface area (TPSA) is 81.7 Å². The highest BCUT2D eigenvalue weighted by Crippen LogP contribution is 2.44. The first-order valence-electron chi connectivity index (χ1n) is 10.8. The second kappa shape index (κ2) is 10.3. The highest BCUT2D eigenvalue weighted by molar-refractivity contribution is 5.83. The molecule has 168 valence electrons. The third kappa shape index (κ3) is 5.25. The minimum Gasteiger partial charge on any atom is -0.456 e. The van der Waals surface area contributed by atoms with Crippen LogP contribution in [0.5, 0.6) is 0 Å². The lowest BCUT2D eigenvalue weighted by atomic mass is 9.98. The van der Waals surface area contributed by atoms with E-state index in [4.69, 9.17) is 9.47 Å². The Labute approximate surface area is 188 Å². The number of alkyl carbamates (subject to hydrolysis) is 1. The second-order valence-electron chi connectivity index (χ2n) is 8.31. The summed E-state index contributed by atoms with van der Waals surface area (Å²) in [6.45, 7) is 8.76. The smallest absolute Gasteiger partial charge is 0.407 e. The molecule has 0 spiro atoms. The van der Waals surface area contributed by atoms with Gasteiger partial charge in [-0.15, -0.1) is 0 Å². The van der Waals surface area contributed by atoms with Crippen LogP contribution in [0.3, 0.4) is 0 Å². The standard InChI is InChI=1S/C26H29NO5/c1-5-18(14-17(4)28)32-25(29)24(16(2)3)27-26(30)31-15-23-21-12-8-6-10-19(21)20-11-7-9-13-22(20)23/h5-13,16,18,23-24H,1,14-15H2,2-4H3,(H,27,30)/t18-,24?/m1/s1. The van der Waals surface area contributed by atoms with Gasteiger partial charge in [0.25, 0.3) is 0 Å². The minimum absolute atomic E-state index is 0.0466. The number of rotatable bonds is 9. The molecule has 1 unspecified atom stereocenters. The molecule has 0 heterocycles. The number of Topliss-reactive ketones (excluding diaryl/α,β-unsaturated/α-hetero) is 1. The lowest BCUT2D eigenvalue weighted by molar-refractivity contribution is -0.151. The van der Waals surface area contributed by atoms with Crippen molar-refractivity contribution in [3.63, 3.8) is 0 Å². The molecule has 32 heavy (non-hydrogen) atoms. The Bertz CT molecular complexity index is 967. The van der Waals surface area contributed by atoms with Gasteiger partial charge in [0.05, 0.1) is 0 Å². The molecule has 6 heteroatoms. The van der Waals surface area contributed by atoms with E-state index >= 15 is 0 Å².